The van der Waals surface area contributed by atoms with Crippen LogP contribution in [0.1, 0.15) is 48.3 Å². The first-order valence-corrected chi connectivity index (χ1v) is 8.52. The Morgan fingerprint density at radius 3 is 2.38 bits per heavy atom. The van der Waals surface area contributed by atoms with E-state index in [-0.39, 0.29) is 24.4 Å². The normalized spacial score (nSPS) is 11.2. The lowest BCUT2D eigenvalue weighted by molar-refractivity contribution is 0.0939. The Hall–Kier alpha value is -2.40. The molecule has 3 N–H and O–H groups in total. The minimum atomic E-state index is -0.178. The van der Waals surface area contributed by atoms with Gasteiger partial charge in [-0.2, -0.15) is 0 Å². The highest BCUT2D eigenvalue weighted by atomic mass is 35.5. The summed E-state index contributed by atoms with van der Waals surface area (Å²) < 4.78 is 11.2. The summed E-state index contributed by atoms with van der Waals surface area (Å²) in [5.41, 5.74) is 8.79. The van der Waals surface area contributed by atoms with Crippen molar-refractivity contribution >= 4 is 24.0 Å². The van der Waals surface area contributed by atoms with Crippen LogP contribution in [0, 0.1) is 6.92 Å². The zero-order valence-corrected chi connectivity index (χ0v) is 16.5. The lowest BCUT2D eigenvalue weighted by Crippen LogP contribution is -2.27. The van der Waals surface area contributed by atoms with Crippen molar-refractivity contribution < 1.29 is 14.3 Å². The van der Waals surface area contributed by atoms with Gasteiger partial charge in [0.2, 0.25) is 0 Å². The van der Waals surface area contributed by atoms with Crippen LogP contribution >= 0.6 is 12.4 Å². The molecule has 0 radical (unpaired) electrons. The van der Waals surface area contributed by atoms with Gasteiger partial charge in [-0.15, -0.1) is 12.4 Å². The molecule has 26 heavy (non-hydrogen) atoms. The van der Waals surface area contributed by atoms with Crippen molar-refractivity contribution in [1.82, 2.24) is 5.32 Å². The average molecular weight is 379 g/mol. The summed E-state index contributed by atoms with van der Waals surface area (Å²) in [5, 5.41) is 3.01. The molecular weight excluding hydrogens is 352 g/mol. The lowest BCUT2D eigenvalue weighted by Gasteiger charge is -2.18. The maximum atomic E-state index is 12.6. The predicted molar refractivity (Wildman–Crippen MR) is 108 cm³/mol. The first-order valence-electron chi connectivity index (χ1n) is 8.52. The van der Waals surface area contributed by atoms with Crippen LogP contribution < -0.4 is 20.5 Å². The van der Waals surface area contributed by atoms with E-state index in [2.05, 4.69) is 5.32 Å². The molecule has 0 fully saturated rings. The van der Waals surface area contributed by atoms with E-state index in [1.165, 1.54) is 0 Å². The number of carbonyl (C=O) groups is 1. The second-order valence-corrected chi connectivity index (χ2v) is 5.84. The molecule has 0 aliphatic carbocycles. The third-order valence-electron chi connectivity index (χ3n) is 3.92. The highest BCUT2D eigenvalue weighted by Crippen LogP contribution is 2.31. The lowest BCUT2D eigenvalue weighted by atomic mass is 10.0. The van der Waals surface area contributed by atoms with Crippen molar-refractivity contribution in [3.05, 3.63) is 53.1 Å². The van der Waals surface area contributed by atoms with Crippen molar-refractivity contribution in [1.29, 1.82) is 0 Å². The molecule has 2 rings (SSSR count). The van der Waals surface area contributed by atoms with Gasteiger partial charge in [0, 0.05) is 11.3 Å². The maximum absolute atomic E-state index is 12.6. The van der Waals surface area contributed by atoms with Gasteiger partial charge < -0.3 is 20.5 Å². The zero-order chi connectivity index (χ0) is 18.4. The molecule has 1 unspecified atom stereocenters. The number of nitrogens with one attached hydrogen (secondary N) is 1. The maximum Gasteiger partial charge on any atom is 0.252 e. The number of rotatable bonds is 7. The number of nitrogen functional groups attached to an aromatic ring is 1. The Balaban J connectivity index is 0.00000338. The number of anilines is 1. The van der Waals surface area contributed by atoms with Crippen LogP contribution in [-0.2, 0) is 0 Å². The molecule has 6 heteroatoms. The number of benzene rings is 2. The summed E-state index contributed by atoms with van der Waals surface area (Å²) in [6, 6.07) is 10.9. The molecule has 2 aromatic rings. The molecule has 0 saturated carbocycles. The van der Waals surface area contributed by atoms with E-state index in [4.69, 9.17) is 15.2 Å². The molecule has 1 atom stereocenters. The fourth-order valence-electron chi connectivity index (χ4n) is 2.58. The van der Waals surface area contributed by atoms with Crippen LogP contribution in [0.15, 0.2) is 36.4 Å². The first kappa shape index (κ1) is 21.6. The fourth-order valence-corrected chi connectivity index (χ4v) is 2.58. The van der Waals surface area contributed by atoms with Crippen molar-refractivity contribution in [2.45, 2.75) is 33.7 Å². The largest absolute Gasteiger partial charge is 0.490 e. The fraction of sp³-hybridized carbons (Fsp3) is 0.350. The highest BCUT2D eigenvalue weighted by molar-refractivity contribution is 5.96. The molecule has 0 heterocycles. The SMILES string of the molecule is CCOc1ccc(C(C)NC(=O)c2cc(N)ccc2C)cc1OCC.Cl. The summed E-state index contributed by atoms with van der Waals surface area (Å²) >= 11 is 0. The number of hydrogen-bond acceptors (Lipinski definition) is 4. The van der Waals surface area contributed by atoms with Gasteiger partial charge in [-0.25, -0.2) is 0 Å². The molecule has 1 amide bonds. The zero-order valence-electron chi connectivity index (χ0n) is 15.7. The molecule has 0 spiro atoms. The van der Waals surface area contributed by atoms with Crippen LogP contribution in [-0.4, -0.2) is 19.1 Å². The Kier molecular flexibility index (Phi) is 8.26. The van der Waals surface area contributed by atoms with Crippen molar-refractivity contribution in [2.75, 3.05) is 18.9 Å². The molecule has 0 aromatic heterocycles. The molecule has 0 saturated heterocycles. The monoisotopic (exact) mass is 378 g/mol. The number of hydrogen-bond donors (Lipinski definition) is 2. The number of halogens is 1. The van der Waals surface area contributed by atoms with Crippen molar-refractivity contribution in [3.8, 4) is 11.5 Å². The van der Waals surface area contributed by atoms with Gasteiger partial charge in [0.15, 0.2) is 11.5 Å². The van der Waals surface area contributed by atoms with Gasteiger partial charge in [-0.05, 0) is 63.1 Å². The van der Waals surface area contributed by atoms with E-state index in [1.54, 1.807) is 12.1 Å². The quantitative estimate of drug-likeness (QED) is 0.705. The van der Waals surface area contributed by atoms with Crippen LogP contribution in [0.4, 0.5) is 5.69 Å². The van der Waals surface area contributed by atoms with Crippen molar-refractivity contribution in [2.24, 2.45) is 0 Å². The summed E-state index contributed by atoms with van der Waals surface area (Å²) in [5.74, 6) is 1.24. The summed E-state index contributed by atoms with van der Waals surface area (Å²) in [4.78, 5) is 12.6. The van der Waals surface area contributed by atoms with Gasteiger partial charge in [-0.3, -0.25) is 4.79 Å². The molecule has 0 aliphatic rings. The van der Waals surface area contributed by atoms with E-state index in [1.807, 2.05) is 52.0 Å². The van der Waals surface area contributed by atoms with Gasteiger partial charge in [-0.1, -0.05) is 12.1 Å². The standard InChI is InChI=1S/C20H26N2O3.ClH/c1-5-24-18-10-8-15(11-19(18)25-6-2)14(4)22-20(23)17-12-16(21)9-7-13(17)3;/h7-12,14H,5-6,21H2,1-4H3,(H,22,23);1H. The van der Waals surface area contributed by atoms with E-state index in [0.29, 0.717) is 36.0 Å². The molecule has 142 valence electrons. The third-order valence-corrected chi connectivity index (χ3v) is 3.92. The summed E-state index contributed by atoms with van der Waals surface area (Å²) in [6.07, 6.45) is 0. The highest BCUT2D eigenvalue weighted by Gasteiger charge is 2.16. The van der Waals surface area contributed by atoms with Crippen molar-refractivity contribution in [3.63, 3.8) is 0 Å². The predicted octanol–water partition coefficient (Wildman–Crippen LogP) is 4.29. The second kappa shape index (κ2) is 9.92. The van der Waals surface area contributed by atoms with Gasteiger partial charge in [0.1, 0.15) is 0 Å². The van der Waals surface area contributed by atoms with Gasteiger partial charge >= 0.3 is 0 Å². The molecule has 0 bridgehead atoms. The Morgan fingerprint density at radius 2 is 1.73 bits per heavy atom. The van der Waals surface area contributed by atoms with E-state index >= 15 is 0 Å². The molecule has 0 aliphatic heterocycles. The van der Waals surface area contributed by atoms with E-state index in [9.17, 15) is 4.79 Å². The minimum absolute atomic E-state index is 0. The Bertz CT molecular complexity index is 750. The smallest absolute Gasteiger partial charge is 0.252 e. The minimum Gasteiger partial charge on any atom is -0.490 e. The Labute approximate surface area is 161 Å². The first-order chi connectivity index (χ1) is 12.0. The molecule has 2 aromatic carbocycles. The number of nitrogens with two attached hydrogens (primary N) is 1. The van der Waals surface area contributed by atoms with Crippen LogP contribution in [0.5, 0.6) is 11.5 Å². The van der Waals surface area contributed by atoms with Crippen LogP contribution in [0.3, 0.4) is 0 Å². The van der Waals surface area contributed by atoms with E-state index < -0.39 is 0 Å². The average Bonchev–Trinajstić information content (AvgIpc) is 2.58. The summed E-state index contributed by atoms with van der Waals surface area (Å²) in [7, 11) is 0. The number of ether oxygens (including phenoxy) is 2. The number of aryl methyl sites for hydroxylation is 1. The van der Waals surface area contributed by atoms with Crippen LogP contribution in [0.25, 0.3) is 0 Å². The van der Waals surface area contributed by atoms with E-state index in [0.717, 1.165) is 11.1 Å². The number of amides is 1. The van der Waals surface area contributed by atoms with Gasteiger partial charge in [0.25, 0.3) is 5.91 Å². The van der Waals surface area contributed by atoms with Gasteiger partial charge in [0.05, 0.1) is 19.3 Å². The second-order valence-electron chi connectivity index (χ2n) is 5.84. The third kappa shape index (κ3) is 5.30. The number of carbonyl (C=O) groups excluding carboxylic acids is 1. The molecular formula is C20H27ClN2O3. The Morgan fingerprint density at radius 1 is 1.08 bits per heavy atom. The topological polar surface area (TPSA) is 73.6 Å². The van der Waals surface area contributed by atoms with Crippen LogP contribution in [0.2, 0.25) is 0 Å². The summed E-state index contributed by atoms with van der Waals surface area (Å²) in [6.45, 7) is 8.80. The molecule has 5 nitrogen and oxygen atoms in total.